The first-order chi connectivity index (χ1) is 13.6. The molecule has 144 valence electrons. The van der Waals surface area contributed by atoms with Gasteiger partial charge in [0.2, 0.25) is 0 Å². The summed E-state index contributed by atoms with van der Waals surface area (Å²) >= 11 is 1.19. The second kappa shape index (κ2) is 7.43. The minimum atomic E-state index is -0.736. The van der Waals surface area contributed by atoms with Gasteiger partial charge in [-0.15, -0.1) is 0 Å². The predicted octanol–water partition coefficient (Wildman–Crippen LogP) is 2.53. The van der Waals surface area contributed by atoms with Gasteiger partial charge in [-0.05, 0) is 12.1 Å². The van der Waals surface area contributed by atoms with Gasteiger partial charge in [-0.25, -0.2) is 4.39 Å². The molecule has 1 aromatic heterocycles. The number of hydrogen-bond donors (Lipinski definition) is 0. The average molecular weight is 402 g/mol. The summed E-state index contributed by atoms with van der Waals surface area (Å²) < 4.78 is 32.1. The fourth-order valence-corrected chi connectivity index (χ4v) is 3.86. The molecule has 4 rings (SSSR count). The van der Waals surface area contributed by atoms with E-state index in [-0.39, 0.29) is 16.9 Å². The van der Waals surface area contributed by atoms with Gasteiger partial charge in [-0.3, -0.25) is 9.59 Å². The van der Waals surface area contributed by atoms with E-state index in [4.69, 9.17) is 14.2 Å². The quantitative estimate of drug-likeness (QED) is 0.629. The van der Waals surface area contributed by atoms with E-state index >= 15 is 0 Å². The number of methoxy groups -OCH3 is 1. The first-order valence-electron chi connectivity index (χ1n) is 8.40. The van der Waals surface area contributed by atoms with Crippen LogP contribution in [0.2, 0.25) is 0 Å². The van der Waals surface area contributed by atoms with Gasteiger partial charge in [0.05, 0.1) is 22.9 Å². The number of thiazole rings is 1. The molecule has 1 amide bonds. The fourth-order valence-electron chi connectivity index (χ4n) is 2.82. The number of carbonyl (C=O) groups excluding carboxylic acids is 2. The Kier molecular flexibility index (Phi) is 4.82. The molecule has 2 heterocycles. The molecule has 3 aromatic rings. The third-order valence-electron chi connectivity index (χ3n) is 4.16. The number of ether oxygens (including phenoxy) is 3. The molecule has 1 aliphatic rings. The lowest BCUT2D eigenvalue weighted by Gasteiger charge is -2.18. The molecule has 0 unspecified atom stereocenters. The molecular weight excluding hydrogens is 387 g/mol. The number of benzene rings is 2. The van der Waals surface area contributed by atoms with Crippen molar-refractivity contribution in [2.45, 2.75) is 6.54 Å². The maximum absolute atomic E-state index is 13.9. The minimum absolute atomic E-state index is 0.143. The Balaban J connectivity index is 1.88. The summed E-state index contributed by atoms with van der Waals surface area (Å²) in [6.45, 7) is 0.706. The van der Waals surface area contributed by atoms with Crippen LogP contribution in [-0.4, -0.2) is 36.8 Å². The third kappa shape index (κ3) is 3.36. The van der Waals surface area contributed by atoms with Crippen molar-refractivity contribution < 1.29 is 28.2 Å². The van der Waals surface area contributed by atoms with Crippen molar-refractivity contribution in [1.82, 2.24) is 4.57 Å². The average Bonchev–Trinajstić information content (AvgIpc) is 3.02. The van der Waals surface area contributed by atoms with E-state index in [1.807, 2.05) is 0 Å². The zero-order valence-corrected chi connectivity index (χ0v) is 15.6. The van der Waals surface area contributed by atoms with E-state index in [0.717, 1.165) is 4.70 Å². The number of nitrogens with zero attached hydrogens (tertiary/aromatic N) is 2. The summed E-state index contributed by atoms with van der Waals surface area (Å²) in [4.78, 5) is 28.7. The molecule has 0 aliphatic carbocycles. The molecule has 0 bridgehead atoms. The van der Waals surface area contributed by atoms with Crippen LogP contribution in [0.4, 0.5) is 4.39 Å². The van der Waals surface area contributed by atoms with Crippen LogP contribution in [0.1, 0.15) is 10.4 Å². The number of esters is 1. The van der Waals surface area contributed by atoms with Crippen molar-refractivity contribution >= 4 is 33.4 Å². The van der Waals surface area contributed by atoms with Crippen molar-refractivity contribution in [3.8, 4) is 11.5 Å². The molecule has 0 fully saturated rings. The predicted molar refractivity (Wildman–Crippen MR) is 99.1 cm³/mol. The SMILES string of the molecule is COC(=O)Cn1c(=NC(=O)c2ccccc2F)sc2cc3c(cc21)OCCO3. The molecule has 0 radical (unpaired) electrons. The van der Waals surface area contributed by atoms with Crippen molar-refractivity contribution in [2.24, 2.45) is 4.99 Å². The first-order valence-corrected chi connectivity index (χ1v) is 9.22. The van der Waals surface area contributed by atoms with Gasteiger partial charge in [0.1, 0.15) is 25.6 Å². The number of halogens is 1. The lowest BCUT2D eigenvalue weighted by molar-refractivity contribution is -0.141. The van der Waals surface area contributed by atoms with Crippen LogP contribution in [-0.2, 0) is 16.1 Å². The molecule has 7 nitrogen and oxygen atoms in total. The number of rotatable bonds is 3. The number of amides is 1. The molecule has 0 atom stereocenters. The van der Waals surface area contributed by atoms with Gasteiger partial charge in [0.15, 0.2) is 16.3 Å². The highest BCUT2D eigenvalue weighted by Gasteiger charge is 2.19. The number of hydrogen-bond acceptors (Lipinski definition) is 6. The largest absolute Gasteiger partial charge is 0.486 e. The normalized spacial score (nSPS) is 13.6. The van der Waals surface area contributed by atoms with Crippen LogP contribution in [0.3, 0.4) is 0 Å². The topological polar surface area (TPSA) is 79.1 Å². The van der Waals surface area contributed by atoms with Gasteiger partial charge in [-0.1, -0.05) is 23.5 Å². The number of aromatic nitrogens is 1. The number of fused-ring (bicyclic) bond motifs is 2. The lowest BCUT2D eigenvalue weighted by Crippen LogP contribution is -2.22. The Labute approximate surface area is 162 Å². The molecule has 0 spiro atoms. The maximum Gasteiger partial charge on any atom is 0.325 e. The highest BCUT2D eigenvalue weighted by Crippen LogP contribution is 2.35. The van der Waals surface area contributed by atoms with E-state index in [0.29, 0.717) is 30.2 Å². The van der Waals surface area contributed by atoms with Gasteiger partial charge in [-0.2, -0.15) is 4.99 Å². The first kappa shape index (κ1) is 18.2. The summed E-state index contributed by atoms with van der Waals surface area (Å²) in [6.07, 6.45) is 0. The van der Waals surface area contributed by atoms with Crippen molar-refractivity contribution in [3.63, 3.8) is 0 Å². The summed E-state index contributed by atoms with van der Waals surface area (Å²) in [5, 5.41) is 0. The summed E-state index contributed by atoms with van der Waals surface area (Å²) in [7, 11) is 1.28. The van der Waals surface area contributed by atoms with Crippen molar-refractivity contribution in [2.75, 3.05) is 20.3 Å². The Morgan fingerprint density at radius 3 is 2.64 bits per heavy atom. The third-order valence-corrected chi connectivity index (χ3v) is 5.20. The molecule has 0 saturated carbocycles. The zero-order valence-electron chi connectivity index (χ0n) is 14.8. The number of carbonyl (C=O) groups is 2. The van der Waals surface area contributed by atoms with E-state index in [1.165, 1.54) is 36.6 Å². The molecular formula is C19H15FN2O5S. The highest BCUT2D eigenvalue weighted by molar-refractivity contribution is 7.16. The fraction of sp³-hybridized carbons (Fsp3) is 0.211. The van der Waals surface area contributed by atoms with Crippen LogP contribution >= 0.6 is 11.3 Å². The van der Waals surface area contributed by atoms with Gasteiger partial charge < -0.3 is 18.8 Å². The van der Waals surface area contributed by atoms with E-state index < -0.39 is 17.7 Å². The van der Waals surface area contributed by atoms with Gasteiger partial charge in [0.25, 0.3) is 5.91 Å². The van der Waals surface area contributed by atoms with Crippen LogP contribution in [0.25, 0.3) is 10.2 Å². The van der Waals surface area contributed by atoms with Crippen LogP contribution in [0, 0.1) is 5.82 Å². The summed E-state index contributed by atoms with van der Waals surface area (Å²) in [5.74, 6) is -0.775. The molecule has 1 aliphatic heterocycles. The summed E-state index contributed by atoms with van der Waals surface area (Å²) in [6, 6.07) is 9.11. The van der Waals surface area contributed by atoms with Crippen LogP contribution < -0.4 is 14.3 Å². The standard InChI is InChI=1S/C19H15FN2O5S/c1-25-17(23)10-22-13-8-14-15(27-7-6-26-14)9-16(13)28-19(22)21-18(24)11-4-2-3-5-12(11)20/h2-5,8-9H,6-7,10H2,1H3. The van der Waals surface area contributed by atoms with Crippen molar-refractivity contribution in [3.05, 3.63) is 52.6 Å². The monoisotopic (exact) mass is 402 g/mol. The maximum atomic E-state index is 13.9. The second-order valence-electron chi connectivity index (χ2n) is 5.91. The molecule has 0 N–H and O–H groups in total. The van der Waals surface area contributed by atoms with Crippen LogP contribution in [0.5, 0.6) is 11.5 Å². The van der Waals surface area contributed by atoms with Crippen molar-refractivity contribution in [1.29, 1.82) is 0 Å². The highest BCUT2D eigenvalue weighted by atomic mass is 32.1. The van der Waals surface area contributed by atoms with Crippen LogP contribution in [0.15, 0.2) is 41.4 Å². The second-order valence-corrected chi connectivity index (χ2v) is 6.92. The molecule has 0 saturated heterocycles. The van der Waals surface area contributed by atoms with Gasteiger partial charge in [0, 0.05) is 12.1 Å². The van der Waals surface area contributed by atoms with E-state index in [9.17, 15) is 14.0 Å². The smallest absolute Gasteiger partial charge is 0.325 e. The Bertz CT molecular complexity index is 1150. The Hall–Kier alpha value is -3.20. The summed E-state index contributed by atoms with van der Waals surface area (Å²) in [5.41, 5.74) is 0.496. The molecule has 9 heteroatoms. The van der Waals surface area contributed by atoms with E-state index in [1.54, 1.807) is 22.8 Å². The zero-order chi connectivity index (χ0) is 19.7. The Morgan fingerprint density at radius 2 is 1.93 bits per heavy atom. The van der Waals surface area contributed by atoms with E-state index in [2.05, 4.69) is 4.99 Å². The molecule has 28 heavy (non-hydrogen) atoms. The molecule has 2 aromatic carbocycles. The lowest BCUT2D eigenvalue weighted by atomic mass is 10.2. The Morgan fingerprint density at radius 1 is 1.21 bits per heavy atom. The minimum Gasteiger partial charge on any atom is -0.486 e. The van der Waals surface area contributed by atoms with Gasteiger partial charge >= 0.3 is 5.97 Å².